The van der Waals surface area contributed by atoms with Gasteiger partial charge in [-0.2, -0.15) is 0 Å². The molecule has 1 unspecified atom stereocenters. The second kappa shape index (κ2) is 9.03. The van der Waals surface area contributed by atoms with Crippen LogP contribution >= 0.6 is 0 Å². The number of hydrogen-bond acceptors (Lipinski definition) is 3. The van der Waals surface area contributed by atoms with Gasteiger partial charge in [0.2, 0.25) is 0 Å². The quantitative estimate of drug-likeness (QED) is 0.518. The Bertz CT molecular complexity index is 149. The van der Waals surface area contributed by atoms with Gasteiger partial charge >= 0.3 is 0 Å². The molecule has 0 aromatic heterocycles. The van der Waals surface area contributed by atoms with E-state index in [-0.39, 0.29) is 0 Å². The lowest BCUT2D eigenvalue weighted by Gasteiger charge is -2.18. The number of nitrogens with one attached hydrogen (secondary N) is 3. The van der Waals surface area contributed by atoms with Crippen LogP contribution in [0.3, 0.4) is 0 Å². The van der Waals surface area contributed by atoms with E-state index in [0.717, 1.165) is 13.2 Å². The molecule has 0 bridgehead atoms. The molecule has 0 aliphatic heterocycles. The van der Waals surface area contributed by atoms with Gasteiger partial charge < -0.3 is 10.6 Å². The molecule has 14 heavy (non-hydrogen) atoms. The summed E-state index contributed by atoms with van der Waals surface area (Å²) < 4.78 is 0. The Morgan fingerprint density at radius 1 is 1.43 bits per heavy atom. The predicted molar refractivity (Wildman–Crippen MR) is 63.2 cm³/mol. The van der Waals surface area contributed by atoms with Crippen molar-refractivity contribution in [1.29, 1.82) is 0 Å². The maximum atomic E-state index is 3.47. The normalized spacial score (nSPS) is 14.1. The van der Waals surface area contributed by atoms with Gasteiger partial charge in [-0.15, -0.1) is 0 Å². The molecule has 0 saturated heterocycles. The molecule has 3 nitrogen and oxygen atoms in total. The summed E-state index contributed by atoms with van der Waals surface area (Å²) in [5, 5.41) is 9.97. The molecule has 0 rings (SSSR count). The van der Waals surface area contributed by atoms with E-state index < -0.39 is 0 Å². The average molecular weight is 199 g/mol. The first kappa shape index (κ1) is 13.5. The van der Waals surface area contributed by atoms with E-state index >= 15 is 0 Å². The van der Waals surface area contributed by atoms with Crippen LogP contribution in [0.5, 0.6) is 0 Å². The minimum Gasteiger partial charge on any atom is -0.376 e. The Balaban J connectivity index is 3.59. The lowest BCUT2D eigenvalue weighted by Crippen LogP contribution is -2.41. The number of likely N-dealkylation sites (N-methyl/N-ethyl adjacent to an activating group) is 1. The Morgan fingerprint density at radius 2 is 2.14 bits per heavy atom. The van der Waals surface area contributed by atoms with Gasteiger partial charge in [0.05, 0.1) is 6.67 Å². The highest BCUT2D eigenvalue weighted by Gasteiger charge is 2.03. The summed E-state index contributed by atoms with van der Waals surface area (Å²) in [4.78, 5) is 0. The zero-order valence-corrected chi connectivity index (χ0v) is 9.98. The minimum absolute atomic E-state index is 0.571. The van der Waals surface area contributed by atoms with Gasteiger partial charge in [0.15, 0.2) is 0 Å². The van der Waals surface area contributed by atoms with Crippen LogP contribution in [0.2, 0.25) is 0 Å². The first-order valence-electron chi connectivity index (χ1n) is 5.49. The van der Waals surface area contributed by atoms with E-state index in [9.17, 15) is 0 Å². The highest BCUT2D eigenvalue weighted by molar-refractivity contribution is 4.91. The second-order valence-electron chi connectivity index (χ2n) is 3.57. The van der Waals surface area contributed by atoms with Gasteiger partial charge in [0.1, 0.15) is 0 Å². The molecule has 0 aliphatic rings. The van der Waals surface area contributed by atoms with Crippen LogP contribution in [0.1, 0.15) is 33.6 Å². The summed E-state index contributed by atoms with van der Waals surface area (Å²) in [7, 11) is 2.00. The molecule has 0 heterocycles. The van der Waals surface area contributed by atoms with Crippen LogP contribution < -0.4 is 16.0 Å². The summed E-state index contributed by atoms with van der Waals surface area (Å²) in [6.45, 7) is 8.22. The van der Waals surface area contributed by atoms with Crippen LogP contribution in [0, 0.1) is 0 Å². The van der Waals surface area contributed by atoms with Gasteiger partial charge in [-0.05, 0) is 27.3 Å². The van der Waals surface area contributed by atoms with Crippen molar-refractivity contribution < 1.29 is 0 Å². The molecule has 0 aliphatic carbocycles. The molecular formula is C11H25N3. The Labute approximate surface area is 88.3 Å². The molecule has 3 N–H and O–H groups in total. The summed E-state index contributed by atoms with van der Waals surface area (Å²) in [6.07, 6.45) is 4.52. The Kier molecular flexibility index (Phi) is 8.68. The maximum absolute atomic E-state index is 3.47. The van der Waals surface area contributed by atoms with E-state index in [2.05, 4.69) is 35.9 Å². The van der Waals surface area contributed by atoms with Crippen molar-refractivity contribution in [1.82, 2.24) is 16.0 Å². The van der Waals surface area contributed by atoms with Crippen molar-refractivity contribution >= 4 is 0 Å². The third-order valence-electron chi connectivity index (χ3n) is 2.28. The molecule has 84 valence electrons. The third kappa shape index (κ3) is 6.92. The fraction of sp³-hybridized carbons (Fsp3) is 0.818. The standard InChI is InChI=1S/C11H25N3/c1-5-7-11(8-12-4)14-9-13-10(3)6-2/h6,11-14H,5,7-9H2,1-4H3/b10-6+. The molecule has 3 heteroatoms. The van der Waals surface area contributed by atoms with Gasteiger partial charge in [-0.1, -0.05) is 19.4 Å². The van der Waals surface area contributed by atoms with Crippen molar-refractivity contribution in [2.24, 2.45) is 0 Å². The molecule has 1 atom stereocenters. The highest BCUT2D eigenvalue weighted by atomic mass is 15.1. The van der Waals surface area contributed by atoms with Gasteiger partial charge in [-0.3, -0.25) is 5.32 Å². The van der Waals surface area contributed by atoms with E-state index in [4.69, 9.17) is 0 Å². The van der Waals surface area contributed by atoms with Crippen LogP contribution in [-0.4, -0.2) is 26.3 Å². The summed E-state index contributed by atoms with van der Waals surface area (Å²) >= 11 is 0. The van der Waals surface area contributed by atoms with Crippen LogP contribution in [0.25, 0.3) is 0 Å². The smallest absolute Gasteiger partial charge is 0.0652 e. The number of hydrogen-bond donors (Lipinski definition) is 3. The molecule has 0 spiro atoms. The highest BCUT2D eigenvalue weighted by Crippen LogP contribution is 1.94. The fourth-order valence-corrected chi connectivity index (χ4v) is 1.31. The van der Waals surface area contributed by atoms with Gasteiger partial charge in [-0.25, -0.2) is 0 Å². The SMILES string of the molecule is C/C=C(\C)NCNC(CCC)CNC. The second-order valence-corrected chi connectivity index (χ2v) is 3.57. The first-order valence-corrected chi connectivity index (χ1v) is 5.49. The minimum atomic E-state index is 0.571. The van der Waals surface area contributed by atoms with Crippen LogP contribution in [0.15, 0.2) is 11.8 Å². The van der Waals surface area contributed by atoms with Crippen molar-refractivity contribution in [3.05, 3.63) is 11.8 Å². The largest absolute Gasteiger partial charge is 0.376 e. The molecule has 0 aromatic rings. The monoisotopic (exact) mass is 199 g/mol. The van der Waals surface area contributed by atoms with Gasteiger partial charge in [0.25, 0.3) is 0 Å². The summed E-state index contributed by atoms with van der Waals surface area (Å²) in [5.74, 6) is 0. The number of allylic oxidation sites excluding steroid dienone is 2. The zero-order valence-electron chi connectivity index (χ0n) is 9.98. The molecule has 0 fully saturated rings. The summed E-state index contributed by atoms with van der Waals surface area (Å²) in [6, 6.07) is 0.571. The summed E-state index contributed by atoms with van der Waals surface area (Å²) in [5.41, 5.74) is 1.22. The van der Waals surface area contributed by atoms with Crippen molar-refractivity contribution in [2.75, 3.05) is 20.3 Å². The van der Waals surface area contributed by atoms with Crippen molar-refractivity contribution in [2.45, 2.75) is 39.7 Å². The van der Waals surface area contributed by atoms with Gasteiger partial charge in [0, 0.05) is 18.3 Å². The van der Waals surface area contributed by atoms with Crippen LogP contribution in [-0.2, 0) is 0 Å². The van der Waals surface area contributed by atoms with E-state index in [0.29, 0.717) is 6.04 Å². The van der Waals surface area contributed by atoms with Crippen molar-refractivity contribution in [3.63, 3.8) is 0 Å². The first-order chi connectivity index (χ1) is 6.74. The lowest BCUT2D eigenvalue weighted by molar-refractivity contribution is 0.448. The zero-order chi connectivity index (χ0) is 10.8. The Morgan fingerprint density at radius 3 is 2.64 bits per heavy atom. The maximum Gasteiger partial charge on any atom is 0.0652 e. The van der Waals surface area contributed by atoms with E-state index in [1.165, 1.54) is 18.5 Å². The predicted octanol–water partition coefficient (Wildman–Crippen LogP) is 1.43. The third-order valence-corrected chi connectivity index (χ3v) is 2.28. The molecule has 0 radical (unpaired) electrons. The van der Waals surface area contributed by atoms with Crippen molar-refractivity contribution in [3.8, 4) is 0 Å². The van der Waals surface area contributed by atoms with E-state index in [1.807, 2.05) is 14.0 Å². The molecular weight excluding hydrogens is 174 g/mol. The lowest BCUT2D eigenvalue weighted by atomic mass is 10.2. The Hall–Kier alpha value is -0.540. The number of rotatable bonds is 8. The average Bonchev–Trinajstić information content (AvgIpc) is 2.18. The fourth-order valence-electron chi connectivity index (χ4n) is 1.31. The van der Waals surface area contributed by atoms with Crippen LogP contribution in [0.4, 0.5) is 0 Å². The molecule has 0 saturated carbocycles. The van der Waals surface area contributed by atoms with E-state index in [1.54, 1.807) is 0 Å². The molecule has 0 aromatic carbocycles. The topological polar surface area (TPSA) is 36.1 Å². The molecule has 0 amide bonds.